The number of anilines is 1. The largest absolute Gasteiger partial charge is 0.381 e. The maximum Gasteiger partial charge on any atom is 0.193 e. The van der Waals surface area contributed by atoms with Crippen molar-refractivity contribution in [3.05, 3.63) is 29.8 Å². The highest BCUT2D eigenvalue weighted by atomic mass is 127. The van der Waals surface area contributed by atoms with Crippen molar-refractivity contribution in [3.8, 4) is 0 Å². The van der Waals surface area contributed by atoms with Crippen molar-refractivity contribution in [2.75, 3.05) is 32.2 Å². The fourth-order valence-corrected chi connectivity index (χ4v) is 2.56. The van der Waals surface area contributed by atoms with Crippen molar-refractivity contribution >= 4 is 35.6 Å². The molecule has 0 atom stereocenters. The molecule has 0 aromatic heterocycles. The van der Waals surface area contributed by atoms with Crippen molar-refractivity contribution in [3.63, 3.8) is 0 Å². The van der Waals surface area contributed by atoms with Crippen LogP contribution in [-0.2, 0) is 9.47 Å². The smallest absolute Gasteiger partial charge is 0.193 e. The molecule has 130 valence electrons. The van der Waals surface area contributed by atoms with Gasteiger partial charge in [0.25, 0.3) is 0 Å². The molecule has 1 aliphatic rings. The van der Waals surface area contributed by atoms with Gasteiger partial charge < -0.3 is 20.5 Å². The Kier molecular flexibility index (Phi) is 8.28. The Balaban J connectivity index is 0.00000264. The molecule has 5 nitrogen and oxygen atoms in total. The highest BCUT2D eigenvalue weighted by Crippen LogP contribution is 2.25. The van der Waals surface area contributed by atoms with Crippen LogP contribution in [0.15, 0.2) is 29.3 Å². The fraction of sp³-hybridized carbons (Fsp3) is 0.588. The van der Waals surface area contributed by atoms with Crippen LogP contribution in [0.5, 0.6) is 0 Å². The van der Waals surface area contributed by atoms with Crippen molar-refractivity contribution in [2.45, 2.75) is 38.2 Å². The normalized spacial score (nSPS) is 17.7. The minimum atomic E-state index is -0.246. The summed E-state index contributed by atoms with van der Waals surface area (Å²) in [4.78, 5) is 4.46. The van der Waals surface area contributed by atoms with Crippen molar-refractivity contribution in [1.29, 1.82) is 0 Å². The molecular formula is C17H28IN3O2. The molecule has 23 heavy (non-hydrogen) atoms. The van der Waals surface area contributed by atoms with E-state index in [9.17, 15) is 0 Å². The van der Waals surface area contributed by atoms with E-state index in [0.29, 0.717) is 31.6 Å². The molecule has 2 rings (SSSR count). The summed E-state index contributed by atoms with van der Waals surface area (Å²) in [6, 6.07) is 8.24. The van der Waals surface area contributed by atoms with E-state index in [1.807, 2.05) is 12.1 Å². The van der Waals surface area contributed by atoms with E-state index in [1.165, 1.54) is 5.56 Å². The van der Waals surface area contributed by atoms with E-state index in [0.717, 1.165) is 18.5 Å². The zero-order valence-electron chi connectivity index (χ0n) is 14.2. The topological polar surface area (TPSA) is 68.9 Å². The van der Waals surface area contributed by atoms with Gasteiger partial charge in [-0.25, -0.2) is 0 Å². The third-order valence-electron chi connectivity index (χ3n) is 4.20. The highest BCUT2D eigenvalue weighted by molar-refractivity contribution is 14.0. The number of halogens is 1. The van der Waals surface area contributed by atoms with E-state index in [4.69, 9.17) is 15.2 Å². The van der Waals surface area contributed by atoms with Gasteiger partial charge >= 0.3 is 0 Å². The number of rotatable bonds is 5. The van der Waals surface area contributed by atoms with Crippen LogP contribution in [0, 0.1) is 0 Å². The second kappa shape index (κ2) is 9.44. The van der Waals surface area contributed by atoms with Crippen LogP contribution in [0.2, 0.25) is 0 Å². The number of aliphatic imine (C=N–C) groups is 1. The lowest BCUT2D eigenvalue weighted by Crippen LogP contribution is -2.42. The molecule has 1 aliphatic heterocycles. The Bertz CT molecular complexity index is 514. The first kappa shape index (κ1) is 20.2. The molecule has 0 spiro atoms. The van der Waals surface area contributed by atoms with Crippen LogP contribution in [0.4, 0.5) is 5.69 Å². The Morgan fingerprint density at radius 1 is 1.39 bits per heavy atom. The van der Waals surface area contributed by atoms with Gasteiger partial charge in [0.15, 0.2) is 5.96 Å². The van der Waals surface area contributed by atoms with Crippen molar-refractivity contribution in [1.82, 2.24) is 0 Å². The predicted molar refractivity (Wildman–Crippen MR) is 106 cm³/mol. The molecule has 1 aromatic rings. The van der Waals surface area contributed by atoms with Gasteiger partial charge in [0.05, 0.1) is 12.1 Å². The first-order chi connectivity index (χ1) is 10.5. The summed E-state index contributed by atoms with van der Waals surface area (Å²) >= 11 is 0. The van der Waals surface area contributed by atoms with Gasteiger partial charge in [0, 0.05) is 38.9 Å². The summed E-state index contributed by atoms with van der Waals surface area (Å²) in [5.74, 6) is 0.905. The standard InChI is InChI=1S/C17H27N3O2.HI/c1-13(2)14-5-4-6-15(11-14)20-16(18)19-12-17(21-3)7-9-22-10-8-17;/h4-6,11,13H,7-10,12H2,1-3H3,(H3,18,19,20);1H. The van der Waals surface area contributed by atoms with E-state index < -0.39 is 0 Å². The van der Waals surface area contributed by atoms with E-state index in [1.54, 1.807) is 7.11 Å². The number of hydrogen-bond acceptors (Lipinski definition) is 3. The number of methoxy groups -OCH3 is 1. The molecule has 6 heteroatoms. The zero-order chi connectivity index (χ0) is 16.0. The van der Waals surface area contributed by atoms with E-state index in [2.05, 4.69) is 36.3 Å². The molecular weight excluding hydrogens is 405 g/mol. The molecule has 0 aliphatic carbocycles. The maximum absolute atomic E-state index is 6.01. The summed E-state index contributed by atoms with van der Waals surface area (Å²) in [6.07, 6.45) is 1.70. The Morgan fingerprint density at radius 3 is 2.70 bits per heavy atom. The molecule has 1 fully saturated rings. The summed E-state index contributed by atoms with van der Waals surface area (Å²) in [5, 5.41) is 3.16. The third-order valence-corrected chi connectivity index (χ3v) is 4.20. The second-order valence-electron chi connectivity index (χ2n) is 6.11. The quantitative estimate of drug-likeness (QED) is 0.425. The number of nitrogens with one attached hydrogen (secondary N) is 1. The minimum Gasteiger partial charge on any atom is -0.381 e. The number of nitrogens with zero attached hydrogens (tertiary/aromatic N) is 1. The zero-order valence-corrected chi connectivity index (χ0v) is 16.5. The first-order valence-corrected chi connectivity index (χ1v) is 7.84. The molecule has 3 N–H and O–H groups in total. The number of benzene rings is 1. The molecule has 0 amide bonds. The SMILES string of the molecule is COC1(CN=C(N)Nc2cccc(C(C)C)c2)CCOCC1.I. The number of guanidine groups is 1. The lowest BCUT2D eigenvalue weighted by atomic mass is 9.94. The average molecular weight is 433 g/mol. The van der Waals surface area contributed by atoms with Crippen LogP contribution in [0.1, 0.15) is 38.2 Å². The van der Waals surface area contributed by atoms with Gasteiger partial charge in [-0.15, -0.1) is 24.0 Å². The van der Waals surface area contributed by atoms with Crippen molar-refractivity contribution in [2.24, 2.45) is 10.7 Å². The fourth-order valence-electron chi connectivity index (χ4n) is 2.56. The number of nitrogens with two attached hydrogens (primary N) is 1. The minimum absolute atomic E-state index is 0. The molecule has 0 unspecified atom stereocenters. The summed E-state index contributed by atoms with van der Waals surface area (Å²) in [5.41, 5.74) is 8.01. The van der Waals surface area contributed by atoms with Gasteiger partial charge in [-0.1, -0.05) is 26.0 Å². The lowest BCUT2D eigenvalue weighted by Gasteiger charge is -2.34. The number of hydrogen-bond donors (Lipinski definition) is 2. The van der Waals surface area contributed by atoms with Crippen molar-refractivity contribution < 1.29 is 9.47 Å². The van der Waals surface area contributed by atoms with Gasteiger partial charge in [0.1, 0.15) is 0 Å². The third kappa shape index (κ3) is 5.93. The van der Waals surface area contributed by atoms with Crippen LogP contribution in [-0.4, -0.2) is 38.4 Å². The molecule has 0 radical (unpaired) electrons. The molecule has 0 saturated carbocycles. The maximum atomic E-state index is 6.01. The average Bonchev–Trinajstić information content (AvgIpc) is 2.54. The van der Waals surface area contributed by atoms with Gasteiger partial charge in [0.2, 0.25) is 0 Å². The number of ether oxygens (including phenoxy) is 2. The van der Waals surface area contributed by atoms with Gasteiger partial charge in [-0.3, -0.25) is 4.99 Å². The Hall–Kier alpha value is -0.860. The van der Waals surface area contributed by atoms with Gasteiger partial charge in [-0.05, 0) is 23.6 Å². The predicted octanol–water partition coefficient (Wildman–Crippen LogP) is 3.35. The van der Waals surface area contributed by atoms with Gasteiger partial charge in [-0.2, -0.15) is 0 Å². The Morgan fingerprint density at radius 2 is 2.09 bits per heavy atom. The highest BCUT2D eigenvalue weighted by Gasteiger charge is 2.32. The van der Waals surface area contributed by atoms with Crippen LogP contribution in [0.3, 0.4) is 0 Å². The second-order valence-corrected chi connectivity index (χ2v) is 6.11. The summed E-state index contributed by atoms with van der Waals surface area (Å²) in [6.45, 7) is 6.32. The molecule has 0 bridgehead atoms. The molecule has 1 aromatic carbocycles. The summed E-state index contributed by atoms with van der Waals surface area (Å²) < 4.78 is 11.0. The molecule has 1 heterocycles. The molecule has 1 saturated heterocycles. The van der Waals surface area contributed by atoms with E-state index >= 15 is 0 Å². The van der Waals surface area contributed by atoms with Crippen LogP contribution in [0.25, 0.3) is 0 Å². The van der Waals surface area contributed by atoms with Crippen LogP contribution < -0.4 is 11.1 Å². The van der Waals surface area contributed by atoms with E-state index in [-0.39, 0.29) is 29.6 Å². The monoisotopic (exact) mass is 433 g/mol. The summed E-state index contributed by atoms with van der Waals surface area (Å²) in [7, 11) is 1.73. The first-order valence-electron chi connectivity index (χ1n) is 7.84. The lowest BCUT2D eigenvalue weighted by molar-refractivity contribution is -0.0828. The van der Waals surface area contributed by atoms with Crippen LogP contribution >= 0.6 is 24.0 Å². The Labute approximate surface area is 156 Å².